The summed E-state index contributed by atoms with van der Waals surface area (Å²) < 4.78 is 0. The summed E-state index contributed by atoms with van der Waals surface area (Å²) in [5.41, 5.74) is 6.79. The molecule has 2 atom stereocenters. The number of nitrogens with zero attached hydrogens (tertiary/aromatic N) is 1. The molecule has 4 heteroatoms. The number of carbonyl (C=O) groups excluding carboxylic acids is 1. The average molecular weight is 280 g/mol. The molecule has 0 fully saturated rings. The Morgan fingerprint density at radius 3 is 2.53 bits per heavy atom. The van der Waals surface area contributed by atoms with Crippen molar-refractivity contribution in [2.24, 2.45) is 5.73 Å². The molecule has 0 saturated heterocycles. The quantitative estimate of drug-likeness (QED) is 0.834. The van der Waals surface area contributed by atoms with Gasteiger partial charge in [0, 0.05) is 19.6 Å². The second-order valence-corrected chi connectivity index (χ2v) is 5.76. The van der Waals surface area contributed by atoms with Gasteiger partial charge in [-0.1, -0.05) is 30.3 Å². The van der Waals surface area contributed by atoms with Crippen LogP contribution in [0.15, 0.2) is 30.3 Å². The number of carbonyl (C=O) groups is 1. The molecule has 0 saturated carbocycles. The average Bonchev–Trinajstić information content (AvgIpc) is 2.45. The molecule has 0 spiro atoms. The number of benzene rings is 1. The molecule has 1 aromatic carbocycles. The van der Waals surface area contributed by atoms with Crippen LogP contribution in [0.1, 0.15) is 24.8 Å². The smallest absolute Gasteiger partial charge is 0.231 e. The molecule has 0 aliphatic heterocycles. The van der Waals surface area contributed by atoms with Crippen LogP contribution in [-0.4, -0.2) is 42.4 Å². The van der Waals surface area contributed by atoms with Crippen molar-refractivity contribution >= 4 is 17.7 Å². The van der Waals surface area contributed by atoms with Crippen LogP contribution >= 0.6 is 11.8 Å². The number of rotatable bonds is 7. The highest BCUT2D eigenvalue weighted by Gasteiger charge is 2.24. The van der Waals surface area contributed by atoms with Gasteiger partial charge in [-0.2, -0.15) is 11.8 Å². The van der Waals surface area contributed by atoms with E-state index in [0.717, 1.165) is 17.7 Å². The van der Waals surface area contributed by atoms with Gasteiger partial charge in [0.05, 0.1) is 5.92 Å². The Morgan fingerprint density at radius 2 is 2.00 bits per heavy atom. The van der Waals surface area contributed by atoms with E-state index in [1.54, 1.807) is 11.8 Å². The summed E-state index contributed by atoms with van der Waals surface area (Å²) in [6.45, 7) is 2.44. The molecule has 0 heterocycles. The van der Waals surface area contributed by atoms with Crippen molar-refractivity contribution < 1.29 is 4.79 Å². The minimum absolute atomic E-state index is 0.113. The van der Waals surface area contributed by atoms with E-state index in [9.17, 15) is 4.79 Å². The van der Waals surface area contributed by atoms with E-state index in [2.05, 4.69) is 13.2 Å². The zero-order valence-corrected chi connectivity index (χ0v) is 12.8. The highest BCUT2D eigenvalue weighted by molar-refractivity contribution is 7.98. The first-order valence-electron chi connectivity index (χ1n) is 6.62. The standard InChI is InChI=1S/C15H24N2OS/c1-12(9-10-19-3)17(2)15(18)14(11-16)13-7-5-4-6-8-13/h4-8,12,14H,9-11,16H2,1-3H3. The Kier molecular flexibility index (Phi) is 6.95. The summed E-state index contributed by atoms with van der Waals surface area (Å²) in [5.74, 6) is 0.947. The lowest BCUT2D eigenvalue weighted by atomic mass is 9.97. The fourth-order valence-electron chi connectivity index (χ4n) is 2.01. The minimum Gasteiger partial charge on any atom is -0.342 e. The van der Waals surface area contributed by atoms with Gasteiger partial charge in [-0.3, -0.25) is 4.79 Å². The predicted octanol–water partition coefficient (Wildman–Crippen LogP) is 2.33. The third-order valence-corrected chi connectivity index (χ3v) is 4.13. The van der Waals surface area contributed by atoms with Crippen LogP contribution in [0.4, 0.5) is 0 Å². The Hall–Kier alpha value is -1.00. The number of hydrogen-bond acceptors (Lipinski definition) is 3. The van der Waals surface area contributed by atoms with Crippen LogP contribution in [0.25, 0.3) is 0 Å². The van der Waals surface area contributed by atoms with Gasteiger partial charge in [-0.25, -0.2) is 0 Å². The first-order chi connectivity index (χ1) is 9.11. The molecular formula is C15H24N2OS. The molecule has 106 valence electrons. The second-order valence-electron chi connectivity index (χ2n) is 4.78. The molecule has 0 bridgehead atoms. The fourth-order valence-corrected chi connectivity index (χ4v) is 2.59. The van der Waals surface area contributed by atoms with Crippen LogP contribution in [0, 0.1) is 0 Å². The summed E-state index contributed by atoms with van der Waals surface area (Å²) in [4.78, 5) is 14.4. The predicted molar refractivity (Wildman–Crippen MR) is 83.5 cm³/mol. The number of hydrogen-bond donors (Lipinski definition) is 1. The molecule has 3 nitrogen and oxygen atoms in total. The summed E-state index contributed by atoms with van der Waals surface area (Å²) >= 11 is 1.81. The summed E-state index contributed by atoms with van der Waals surface area (Å²) in [6, 6.07) is 10.0. The van der Waals surface area contributed by atoms with Crippen LogP contribution in [0.2, 0.25) is 0 Å². The maximum Gasteiger partial charge on any atom is 0.231 e. The largest absolute Gasteiger partial charge is 0.342 e. The Morgan fingerprint density at radius 1 is 1.37 bits per heavy atom. The molecule has 0 aliphatic carbocycles. The van der Waals surface area contributed by atoms with Gasteiger partial charge in [0.2, 0.25) is 5.91 Å². The van der Waals surface area contributed by atoms with Crippen LogP contribution in [-0.2, 0) is 4.79 Å². The normalized spacial score (nSPS) is 13.9. The topological polar surface area (TPSA) is 46.3 Å². The van der Waals surface area contributed by atoms with Gasteiger partial charge in [0.25, 0.3) is 0 Å². The van der Waals surface area contributed by atoms with E-state index >= 15 is 0 Å². The van der Waals surface area contributed by atoms with Crippen molar-refractivity contribution in [3.05, 3.63) is 35.9 Å². The van der Waals surface area contributed by atoms with E-state index in [4.69, 9.17) is 5.73 Å². The highest BCUT2D eigenvalue weighted by Crippen LogP contribution is 2.19. The first-order valence-corrected chi connectivity index (χ1v) is 8.01. The SMILES string of the molecule is CSCCC(C)N(C)C(=O)C(CN)c1ccccc1. The van der Waals surface area contributed by atoms with E-state index in [-0.39, 0.29) is 17.9 Å². The van der Waals surface area contributed by atoms with E-state index in [0.29, 0.717) is 6.54 Å². The zero-order valence-electron chi connectivity index (χ0n) is 12.0. The lowest BCUT2D eigenvalue weighted by Crippen LogP contribution is -2.40. The Balaban J connectivity index is 2.73. The van der Waals surface area contributed by atoms with Gasteiger partial charge in [-0.15, -0.1) is 0 Å². The van der Waals surface area contributed by atoms with Gasteiger partial charge < -0.3 is 10.6 Å². The van der Waals surface area contributed by atoms with Crippen LogP contribution in [0.5, 0.6) is 0 Å². The third-order valence-electron chi connectivity index (χ3n) is 3.48. The molecule has 1 aromatic rings. The van der Waals surface area contributed by atoms with Crippen molar-refractivity contribution in [1.29, 1.82) is 0 Å². The first kappa shape index (κ1) is 16.1. The van der Waals surface area contributed by atoms with E-state index in [1.165, 1.54) is 0 Å². The summed E-state index contributed by atoms with van der Waals surface area (Å²) in [6.07, 6.45) is 3.09. The molecule has 0 radical (unpaired) electrons. The van der Waals surface area contributed by atoms with E-state index in [1.807, 2.05) is 42.3 Å². The maximum absolute atomic E-state index is 12.5. The van der Waals surface area contributed by atoms with E-state index < -0.39 is 0 Å². The van der Waals surface area contributed by atoms with Gasteiger partial charge in [0.15, 0.2) is 0 Å². The lowest BCUT2D eigenvalue weighted by molar-refractivity contribution is -0.133. The number of nitrogens with two attached hydrogens (primary N) is 1. The Bertz CT molecular complexity index is 383. The molecule has 0 aliphatic rings. The zero-order chi connectivity index (χ0) is 14.3. The van der Waals surface area contributed by atoms with Crippen LogP contribution in [0.3, 0.4) is 0 Å². The van der Waals surface area contributed by atoms with Crippen molar-refractivity contribution in [2.45, 2.75) is 25.3 Å². The van der Waals surface area contributed by atoms with Crippen molar-refractivity contribution in [3.63, 3.8) is 0 Å². The summed E-state index contributed by atoms with van der Waals surface area (Å²) in [7, 11) is 1.87. The molecular weight excluding hydrogens is 256 g/mol. The van der Waals surface area contributed by atoms with Crippen molar-refractivity contribution in [1.82, 2.24) is 4.90 Å². The van der Waals surface area contributed by atoms with Gasteiger partial charge in [0.1, 0.15) is 0 Å². The maximum atomic E-state index is 12.5. The van der Waals surface area contributed by atoms with Gasteiger partial charge >= 0.3 is 0 Å². The molecule has 2 unspecified atom stereocenters. The number of thioether (sulfide) groups is 1. The second kappa shape index (κ2) is 8.23. The number of amides is 1. The molecule has 2 N–H and O–H groups in total. The summed E-state index contributed by atoms with van der Waals surface area (Å²) in [5, 5.41) is 0. The van der Waals surface area contributed by atoms with Crippen molar-refractivity contribution in [3.8, 4) is 0 Å². The minimum atomic E-state index is -0.233. The van der Waals surface area contributed by atoms with Crippen molar-refractivity contribution in [2.75, 3.05) is 25.6 Å². The molecule has 0 aromatic heterocycles. The molecule has 1 rings (SSSR count). The highest BCUT2D eigenvalue weighted by atomic mass is 32.2. The Labute approximate surface area is 120 Å². The third kappa shape index (κ3) is 4.55. The molecule has 19 heavy (non-hydrogen) atoms. The number of likely N-dealkylation sites (N-methyl/N-ethyl adjacent to an activating group) is 1. The molecule has 1 amide bonds. The monoisotopic (exact) mass is 280 g/mol. The van der Waals surface area contributed by atoms with Gasteiger partial charge in [-0.05, 0) is 30.9 Å². The lowest BCUT2D eigenvalue weighted by Gasteiger charge is -2.28. The van der Waals surface area contributed by atoms with Crippen LogP contribution < -0.4 is 5.73 Å². The fraction of sp³-hybridized carbons (Fsp3) is 0.533.